The third-order valence-corrected chi connectivity index (χ3v) is 2.25. The van der Waals surface area contributed by atoms with Crippen LogP contribution in [0.5, 0.6) is 0 Å². The highest BCUT2D eigenvalue weighted by Crippen LogP contribution is 2.04. The molecule has 0 aromatic carbocycles. The molecule has 0 radical (unpaired) electrons. The molecule has 0 aliphatic heterocycles. The van der Waals surface area contributed by atoms with E-state index in [1.165, 1.54) is 17.5 Å². The lowest BCUT2D eigenvalue weighted by Gasteiger charge is -2.05. The Kier molecular flexibility index (Phi) is 3.09. The number of nitrogens with one attached hydrogen (secondary N) is 1. The number of pyridine rings is 1. The third kappa shape index (κ3) is 2.63. The van der Waals surface area contributed by atoms with Crippen LogP contribution in [0.25, 0.3) is 0 Å². The van der Waals surface area contributed by atoms with Gasteiger partial charge >= 0.3 is 0 Å². The molecule has 4 heteroatoms. The fraction of sp³-hybridized carbons (Fsp3) is 0.273. The van der Waals surface area contributed by atoms with Crippen LogP contribution in [0.15, 0.2) is 35.5 Å². The lowest BCUT2D eigenvalue weighted by Crippen LogP contribution is -2.13. The van der Waals surface area contributed by atoms with Gasteiger partial charge in [0.25, 0.3) is 0 Å². The Balaban J connectivity index is 1.86. The summed E-state index contributed by atoms with van der Waals surface area (Å²) in [6, 6.07) is 2.01. The number of aromatic nitrogens is 2. The van der Waals surface area contributed by atoms with Crippen molar-refractivity contribution in [2.75, 3.05) is 0 Å². The van der Waals surface area contributed by atoms with Crippen LogP contribution in [0.4, 0.5) is 0 Å². The molecule has 0 saturated heterocycles. The van der Waals surface area contributed by atoms with Gasteiger partial charge in [0, 0.05) is 18.9 Å². The molecule has 4 nitrogen and oxygen atoms in total. The first-order valence-electron chi connectivity index (χ1n) is 4.84. The molecular weight excluding hydrogens is 190 g/mol. The van der Waals surface area contributed by atoms with Crippen molar-refractivity contribution in [1.29, 1.82) is 0 Å². The lowest BCUT2D eigenvalue weighted by molar-refractivity contribution is 0.478. The third-order valence-electron chi connectivity index (χ3n) is 2.25. The van der Waals surface area contributed by atoms with Crippen molar-refractivity contribution in [3.63, 3.8) is 0 Å². The largest absolute Gasteiger partial charge is 0.447 e. The Hall–Kier alpha value is -1.68. The van der Waals surface area contributed by atoms with E-state index < -0.39 is 0 Å². The lowest BCUT2D eigenvalue weighted by atomic mass is 10.1. The molecule has 0 unspecified atom stereocenters. The Bertz CT molecular complexity index is 412. The van der Waals surface area contributed by atoms with E-state index in [2.05, 4.69) is 22.2 Å². The van der Waals surface area contributed by atoms with Crippen molar-refractivity contribution < 1.29 is 4.42 Å². The number of hydrogen-bond donors (Lipinski definition) is 1. The maximum absolute atomic E-state index is 5.11. The second-order valence-corrected chi connectivity index (χ2v) is 3.37. The number of hydrogen-bond acceptors (Lipinski definition) is 4. The van der Waals surface area contributed by atoms with E-state index in [1.807, 2.05) is 12.3 Å². The van der Waals surface area contributed by atoms with Gasteiger partial charge in [-0.25, -0.2) is 4.98 Å². The highest BCUT2D eigenvalue weighted by Gasteiger charge is 1.99. The topological polar surface area (TPSA) is 51.0 Å². The van der Waals surface area contributed by atoms with Crippen LogP contribution in [-0.4, -0.2) is 9.97 Å². The molecule has 0 aliphatic carbocycles. The maximum Gasteiger partial charge on any atom is 0.180 e. The Morgan fingerprint density at radius 1 is 1.27 bits per heavy atom. The summed E-state index contributed by atoms with van der Waals surface area (Å²) in [5, 5.41) is 3.27. The highest BCUT2D eigenvalue weighted by molar-refractivity contribution is 5.20. The molecule has 0 spiro atoms. The van der Waals surface area contributed by atoms with E-state index >= 15 is 0 Å². The van der Waals surface area contributed by atoms with Gasteiger partial charge in [0.1, 0.15) is 5.76 Å². The van der Waals surface area contributed by atoms with Gasteiger partial charge in [0.15, 0.2) is 6.39 Å². The van der Waals surface area contributed by atoms with Crippen LogP contribution in [0.2, 0.25) is 0 Å². The number of nitrogens with zero attached hydrogens (tertiary/aromatic N) is 2. The van der Waals surface area contributed by atoms with Gasteiger partial charge in [0.05, 0.1) is 12.7 Å². The van der Waals surface area contributed by atoms with Gasteiger partial charge in [-0.3, -0.25) is 4.98 Å². The molecule has 0 saturated carbocycles. The fourth-order valence-corrected chi connectivity index (χ4v) is 1.33. The summed E-state index contributed by atoms with van der Waals surface area (Å²) in [4.78, 5) is 7.93. The number of oxazole rings is 1. The molecule has 0 atom stereocenters. The zero-order valence-corrected chi connectivity index (χ0v) is 8.60. The van der Waals surface area contributed by atoms with Crippen molar-refractivity contribution in [2.45, 2.75) is 20.0 Å². The normalized spacial score (nSPS) is 10.5. The smallest absolute Gasteiger partial charge is 0.180 e. The van der Waals surface area contributed by atoms with Crippen LogP contribution in [0.1, 0.15) is 16.9 Å². The number of rotatable bonds is 4. The van der Waals surface area contributed by atoms with Crippen LogP contribution in [-0.2, 0) is 13.1 Å². The summed E-state index contributed by atoms with van der Waals surface area (Å²) in [5.74, 6) is 0.844. The molecule has 0 aliphatic rings. The summed E-state index contributed by atoms with van der Waals surface area (Å²) in [6.07, 6.45) is 6.83. The standard InChI is InChI=1S/C11H13N3O/c1-9-2-3-12-4-10(9)5-13-6-11-7-14-8-15-11/h2-4,7-8,13H,5-6H2,1H3. The Morgan fingerprint density at radius 3 is 2.93 bits per heavy atom. The molecule has 2 rings (SSSR count). The summed E-state index contributed by atoms with van der Waals surface area (Å²) >= 11 is 0. The molecule has 2 heterocycles. The zero-order valence-electron chi connectivity index (χ0n) is 8.60. The minimum atomic E-state index is 0.689. The van der Waals surface area contributed by atoms with Crippen LogP contribution < -0.4 is 5.32 Å². The quantitative estimate of drug-likeness (QED) is 0.821. The Labute approximate surface area is 88.4 Å². The summed E-state index contributed by atoms with van der Waals surface area (Å²) in [7, 11) is 0. The van der Waals surface area contributed by atoms with Gasteiger partial charge in [0.2, 0.25) is 0 Å². The van der Waals surface area contributed by atoms with Crippen molar-refractivity contribution in [2.24, 2.45) is 0 Å². The van der Waals surface area contributed by atoms with Gasteiger partial charge in [-0.2, -0.15) is 0 Å². The maximum atomic E-state index is 5.11. The zero-order chi connectivity index (χ0) is 10.5. The van der Waals surface area contributed by atoms with Crippen molar-refractivity contribution in [3.05, 3.63) is 47.9 Å². The van der Waals surface area contributed by atoms with E-state index in [0.717, 1.165) is 12.3 Å². The van der Waals surface area contributed by atoms with E-state index in [-0.39, 0.29) is 0 Å². The fourth-order valence-electron chi connectivity index (χ4n) is 1.33. The molecule has 2 aromatic heterocycles. The van der Waals surface area contributed by atoms with Crippen LogP contribution in [0, 0.1) is 6.92 Å². The monoisotopic (exact) mass is 203 g/mol. The van der Waals surface area contributed by atoms with Gasteiger partial charge in [-0.1, -0.05) is 0 Å². The van der Waals surface area contributed by atoms with E-state index in [1.54, 1.807) is 12.4 Å². The van der Waals surface area contributed by atoms with Crippen molar-refractivity contribution in [3.8, 4) is 0 Å². The first kappa shape index (κ1) is 9.86. The van der Waals surface area contributed by atoms with Gasteiger partial charge in [-0.05, 0) is 24.1 Å². The molecule has 78 valence electrons. The van der Waals surface area contributed by atoms with Crippen LogP contribution >= 0.6 is 0 Å². The SMILES string of the molecule is Cc1ccncc1CNCc1cnco1. The first-order chi connectivity index (χ1) is 7.36. The molecule has 0 amide bonds. The summed E-state index contributed by atoms with van der Waals surface area (Å²) in [6.45, 7) is 3.56. The van der Waals surface area contributed by atoms with E-state index in [9.17, 15) is 0 Å². The molecule has 1 N–H and O–H groups in total. The van der Waals surface area contributed by atoms with Crippen molar-refractivity contribution >= 4 is 0 Å². The minimum absolute atomic E-state index is 0.689. The van der Waals surface area contributed by atoms with Crippen molar-refractivity contribution in [1.82, 2.24) is 15.3 Å². The van der Waals surface area contributed by atoms with Gasteiger partial charge in [-0.15, -0.1) is 0 Å². The molecule has 15 heavy (non-hydrogen) atoms. The van der Waals surface area contributed by atoms with Gasteiger partial charge < -0.3 is 9.73 Å². The molecule has 0 bridgehead atoms. The van der Waals surface area contributed by atoms with E-state index in [0.29, 0.717) is 6.54 Å². The predicted molar refractivity (Wildman–Crippen MR) is 56.0 cm³/mol. The molecule has 0 fully saturated rings. The highest BCUT2D eigenvalue weighted by atomic mass is 16.3. The molecular formula is C11H13N3O. The second kappa shape index (κ2) is 4.70. The summed E-state index contributed by atoms with van der Waals surface area (Å²) in [5.41, 5.74) is 2.45. The average Bonchev–Trinajstić information content (AvgIpc) is 2.74. The Morgan fingerprint density at radius 2 is 2.20 bits per heavy atom. The predicted octanol–water partition coefficient (Wildman–Crippen LogP) is 1.67. The number of aryl methyl sites for hydroxylation is 1. The molecule has 2 aromatic rings. The van der Waals surface area contributed by atoms with Crippen LogP contribution in [0.3, 0.4) is 0 Å². The summed E-state index contributed by atoms with van der Waals surface area (Å²) < 4.78 is 5.11. The van der Waals surface area contributed by atoms with E-state index in [4.69, 9.17) is 4.42 Å². The first-order valence-corrected chi connectivity index (χ1v) is 4.84. The average molecular weight is 203 g/mol. The second-order valence-electron chi connectivity index (χ2n) is 3.37. The minimum Gasteiger partial charge on any atom is -0.447 e.